The zero-order chi connectivity index (χ0) is 20.4. The number of carbonyl (C=O) groups is 2. The average molecular weight is 381 g/mol. The molecule has 2 rings (SSSR count). The predicted molar refractivity (Wildman–Crippen MR) is 102 cm³/mol. The molecule has 1 fully saturated rings. The summed E-state index contributed by atoms with van der Waals surface area (Å²) in [4.78, 5) is 22.2. The normalized spacial score (nSPS) is 22.4. The lowest BCUT2D eigenvalue weighted by molar-refractivity contribution is -0.164. The summed E-state index contributed by atoms with van der Waals surface area (Å²) in [6.07, 6.45) is 0.968. The fourth-order valence-corrected chi connectivity index (χ4v) is 3.53. The number of carboxylic acids is 1. The molecule has 0 saturated carbocycles. The number of benzene rings is 1. The van der Waals surface area contributed by atoms with Crippen LogP contribution in [0.2, 0.25) is 0 Å². The van der Waals surface area contributed by atoms with Gasteiger partial charge in [-0.15, -0.1) is 0 Å². The quantitative estimate of drug-likeness (QED) is 0.622. The van der Waals surface area contributed by atoms with Crippen LogP contribution in [0, 0.1) is 19.3 Å². The molecule has 0 amide bonds. The number of aliphatic hydroxyl groups is 1. The standard InChI is InChI=1S/C19H29NO4.CH2O2/c1-4-9-19(18(22)23)13-20(10-8-17(19)21)11-12-24-16-7-5-6-14(2)15(16)3;2-1-3/h5-7,17,21H,4,8-13H2,1-3H3,(H,22,23);1H,(H,2,3)/t17-,19-;/m0./s1. The highest BCUT2D eigenvalue weighted by Crippen LogP contribution is 2.35. The number of likely N-dealkylation sites (tertiary alicyclic amines) is 1. The van der Waals surface area contributed by atoms with Gasteiger partial charge in [0.1, 0.15) is 17.8 Å². The molecule has 1 aromatic rings. The van der Waals surface area contributed by atoms with Gasteiger partial charge in [-0.3, -0.25) is 14.5 Å². The summed E-state index contributed by atoms with van der Waals surface area (Å²) in [5.41, 5.74) is 1.28. The molecule has 1 aromatic carbocycles. The maximum Gasteiger partial charge on any atom is 0.313 e. The number of nitrogens with zero attached hydrogens (tertiary/aromatic N) is 1. The second kappa shape index (κ2) is 10.9. The van der Waals surface area contributed by atoms with Gasteiger partial charge in [-0.2, -0.15) is 0 Å². The Labute approximate surface area is 160 Å². The summed E-state index contributed by atoms with van der Waals surface area (Å²) in [5, 5.41) is 26.8. The Morgan fingerprint density at radius 3 is 2.67 bits per heavy atom. The smallest absolute Gasteiger partial charge is 0.313 e. The fourth-order valence-electron chi connectivity index (χ4n) is 3.53. The molecule has 7 nitrogen and oxygen atoms in total. The van der Waals surface area contributed by atoms with E-state index in [1.54, 1.807) is 0 Å². The molecular formula is C20H31NO6. The van der Waals surface area contributed by atoms with Crippen LogP contribution in [0.25, 0.3) is 0 Å². The van der Waals surface area contributed by atoms with Crippen molar-refractivity contribution in [3.63, 3.8) is 0 Å². The Morgan fingerprint density at radius 1 is 1.41 bits per heavy atom. The van der Waals surface area contributed by atoms with Gasteiger partial charge < -0.3 is 20.1 Å². The summed E-state index contributed by atoms with van der Waals surface area (Å²) in [6, 6.07) is 5.99. The van der Waals surface area contributed by atoms with Crippen molar-refractivity contribution in [3.8, 4) is 5.75 Å². The molecule has 1 aliphatic heterocycles. The van der Waals surface area contributed by atoms with Crippen molar-refractivity contribution >= 4 is 12.4 Å². The molecule has 0 aliphatic carbocycles. The van der Waals surface area contributed by atoms with E-state index < -0.39 is 17.5 Å². The topological polar surface area (TPSA) is 107 Å². The SMILES string of the molecule is CCC[C@]1(C(=O)O)CN(CCOc2cccc(C)c2C)CC[C@@H]1O.O=CO. The summed E-state index contributed by atoms with van der Waals surface area (Å²) in [5.74, 6) is -0.0119. The van der Waals surface area contributed by atoms with Gasteiger partial charge >= 0.3 is 5.97 Å². The molecule has 1 heterocycles. The first-order valence-corrected chi connectivity index (χ1v) is 9.23. The van der Waals surface area contributed by atoms with Crippen LogP contribution in [0.3, 0.4) is 0 Å². The van der Waals surface area contributed by atoms with E-state index in [0.717, 1.165) is 17.7 Å². The van der Waals surface area contributed by atoms with Crippen LogP contribution in [0.15, 0.2) is 18.2 Å². The van der Waals surface area contributed by atoms with Gasteiger partial charge in [0.15, 0.2) is 0 Å². The summed E-state index contributed by atoms with van der Waals surface area (Å²) in [6.45, 7) is 8.07. The minimum Gasteiger partial charge on any atom is -0.492 e. The van der Waals surface area contributed by atoms with E-state index in [9.17, 15) is 15.0 Å². The van der Waals surface area contributed by atoms with Crippen LogP contribution in [-0.2, 0) is 9.59 Å². The van der Waals surface area contributed by atoms with Gasteiger partial charge in [-0.05, 0) is 43.9 Å². The monoisotopic (exact) mass is 381 g/mol. The second-order valence-corrected chi connectivity index (χ2v) is 6.94. The van der Waals surface area contributed by atoms with Crippen molar-refractivity contribution in [1.82, 2.24) is 4.90 Å². The molecule has 0 aromatic heterocycles. The van der Waals surface area contributed by atoms with E-state index in [1.165, 1.54) is 5.56 Å². The number of aliphatic carboxylic acids is 1. The number of hydrogen-bond acceptors (Lipinski definition) is 5. The Balaban J connectivity index is 0.00000114. The molecule has 2 atom stereocenters. The van der Waals surface area contributed by atoms with E-state index in [1.807, 2.05) is 26.0 Å². The van der Waals surface area contributed by atoms with Gasteiger partial charge in [0.2, 0.25) is 0 Å². The average Bonchev–Trinajstić information content (AvgIpc) is 2.62. The number of aliphatic hydroxyl groups excluding tert-OH is 1. The summed E-state index contributed by atoms with van der Waals surface area (Å²) in [7, 11) is 0. The van der Waals surface area contributed by atoms with Gasteiger partial charge in [0.05, 0.1) is 6.10 Å². The lowest BCUT2D eigenvalue weighted by Gasteiger charge is -2.43. The highest BCUT2D eigenvalue weighted by atomic mass is 16.5. The van der Waals surface area contributed by atoms with Crippen LogP contribution in [0.1, 0.15) is 37.3 Å². The molecule has 0 bridgehead atoms. The first-order chi connectivity index (χ1) is 12.8. The minimum atomic E-state index is -1.05. The van der Waals surface area contributed by atoms with Crippen molar-refractivity contribution < 1.29 is 29.6 Å². The van der Waals surface area contributed by atoms with Gasteiger partial charge in [0.25, 0.3) is 6.47 Å². The Bertz CT molecular complexity index is 620. The molecule has 3 N–H and O–H groups in total. The van der Waals surface area contributed by atoms with Crippen molar-refractivity contribution in [2.24, 2.45) is 5.41 Å². The highest BCUT2D eigenvalue weighted by molar-refractivity contribution is 5.76. The van der Waals surface area contributed by atoms with Crippen molar-refractivity contribution in [3.05, 3.63) is 29.3 Å². The fraction of sp³-hybridized carbons (Fsp3) is 0.600. The first kappa shape index (κ1) is 22.9. The van der Waals surface area contributed by atoms with Crippen LogP contribution in [-0.4, -0.2) is 65.0 Å². The zero-order valence-electron chi connectivity index (χ0n) is 16.4. The molecule has 7 heteroatoms. The Kier molecular flexibility index (Phi) is 9.25. The van der Waals surface area contributed by atoms with Gasteiger partial charge in [0, 0.05) is 19.6 Å². The lowest BCUT2D eigenvalue weighted by atomic mass is 9.74. The maximum atomic E-state index is 11.8. The number of carboxylic acid groups (broad SMARTS) is 2. The molecule has 1 saturated heterocycles. The van der Waals surface area contributed by atoms with Crippen LogP contribution < -0.4 is 4.74 Å². The Hall–Kier alpha value is -2.12. The predicted octanol–water partition coefficient (Wildman–Crippen LogP) is 2.32. The third-order valence-electron chi connectivity index (χ3n) is 5.20. The summed E-state index contributed by atoms with van der Waals surface area (Å²) < 4.78 is 5.88. The lowest BCUT2D eigenvalue weighted by Crippen LogP contribution is -2.56. The number of rotatable bonds is 7. The van der Waals surface area contributed by atoms with E-state index >= 15 is 0 Å². The number of piperidine rings is 1. The van der Waals surface area contributed by atoms with Crippen molar-refractivity contribution in [2.75, 3.05) is 26.2 Å². The molecule has 27 heavy (non-hydrogen) atoms. The number of aryl methyl sites for hydroxylation is 1. The highest BCUT2D eigenvalue weighted by Gasteiger charge is 2.48. The minimum absolute atomic E-state index is 0.250. The molecule has 152 valence electrons. The van der Waals surface area contributed by atoms with Crippen LogP contribution in [0.4, 0.5) is 0 Å². The van der Waals surface area contributed by atoms with Crippen LogP contribution >= 0.6 is 0 Å². The van der Waals surface area contributed by atoms with Crippen LogP contribution in [0.5, 0.6) is 5.75 Å². The maximum absolute atomic E-state index is 11.8. The molecule has 0 radical (unpaired) electrons. The zero-order valence-corrected chi connectivity index (χ0v) is 16.4. The van der Waals surface area contributed by atoms with Gasteiger partial charge in [-0.25, -0.2) is 0 Å². The Morgan fingerprint density at radius 2 is 2.07 bits per heavy atom. The first-order valence-electron chi connectivity index (χ1n) is 9.23. The molecule has 1 aliphatic rings. The molecule has 0 unspecified atom stereocenters. The van der Waals surface area contributed by atoms with E-state index in [2.05, 4.69) is 17.9 Å². The molecular weight excluding hydrogens is 350 g/mol. The third-order valence-corrected chi connectivity index (χ3v) is 5.20. The number of ether oxygens (including phenoxy) is 1. The van der Waals surface area contributed by atoms with Gasteiger partial charge in [-0.1, -0.05) is 25.5 Å². The van der Waals surface area contributed by atoms with E-state index in [4.69, 9.17) is 14.6 Å². The largest absolute Gasteiger partial charge is 0.492 e. The van der Waals surface area contributed by atoms with E-state index in [-0.39, 0.29) is 6.47 Å². The molecule has 0 spiro atoms. The van der Waals surface area contributed by atoms with E-state index in [0.29, 0.717) is 39.1 Å². The third kappa shape index (κ3) is 5.94. The second-order valence-electron chi connectivity index (χ2n) is 6.94. The number of hydrogen-bond donors (Lipinski definition) is 3. The van der Waals surface area contributed by atoms with Crippen molar-refractivity contribution in [1.29, 1.82) is 0 Å². The summed E-state index contributed by atoms with van der Waals surface area (Å²) >= 11 is 0. The van der Waals surface area contributed by atoms with Crippen molar-refractivity contribution in [2.45, 2.75) is 46.1 Å².